The molecule has 0 aliphatic heterocycles. The number of rotatable bonds is 8. The van der Waals surface area contributed by atoms with E-state index in [4.69, 9.17) is 14.9 Å². The topological polar surface area (TPSA) is 215 Å². The summed E-state index contributed by atoms with van der Waals surface area (Å²) in [4.78, 5) is 58.3. The van der Waals surface area contributed by atoms with Gasteiger partial charge in [-0.05, 0) is 51.5 Å². The maximum Gasteiger partial charge on any atom is 0.334 e. The molecule has 2 aromatic heterocycles. The minimum Gasteiger partial charge on any atom is -0.504 e. The van der Waals surface area contributed by atoms with Crippen molar-refractivity contribution in [1.82, 2.24) is 15.3 Å². The molecule has 0 saturated heterocycles. The summed E-state index contributed by atoms with van der Waals surface area (Å²) in [6.07, 6.45) is -0.312. The van der Waals surface area contributed by atoms with E-state index in [1.807, 2.05) is 0 Å². The summed E-state index contributed by atoms with van der Waals surface area (Å²) in [6.45, 7) is 5.06. The number of nitrogens with one attached hydrogen (secondary N) is 1. The zero-order chi connectivity index (χ0) is 30.0. The van der Waals surface area contributed by atoms with E-state index in [9.17, 15) is 34.5 Å². The lowest BCUT2D eigenvalue weighted by Crippen LogP contribution is -2.44. The number of ether oxygens (including phenoxy) is 1. The monoisotopic (exact) mass is 562 g/mol. The number of hydrogen-bond donors (Lipinski definition) is 5. The first-order valence-corrected chi connectivity index (χ1v) is 12.3. The Kier molecular flexibility index (Phi) is 7.89. The van der Waals surface area contributed by atoms with E-state index < -0.39 is 46.5 Å². The van der Waals surface area contributed by atoms with Crippen molar-refractivity contribution in [1.29, 1.82) is 0 Å². The number of benzene rings is 2. The maximum atomic E-state index is 13.0. The zero-order valence-corrected chi connectivity index (χ0v) is 22.2. The summed E-state index contributed by atoms with van der Waals surface area (Å²) in [5.74, 6) is -4.36. The number of hydrogen-bond acceptors (Lipinski definition) is 11. The summed E-state index contributed by atoms with van der Waals surface area (Å²) in [5.41, 5.74) is 6.40. The fraction of sp³-hybridized carbons (Fsp3) is 0.214. The molecule has 0 spiro atoms. The molecule has 0 bridgehead atoms. The van der Waals surface area contributed by atoms with Gasteiger partial charge in [0.15, 0.2) is 16.9 Å². The molecule has 13 heteroatoms. The van der Waals surface area contributed by atoms with Gasteiger partial charge in [-0.25, -0.2) is 9.78 Å². The van der Waals surface area contributed by atoms with Crippen LogP contribution in [0.15, 0.2) is 45.6 Å². The Labute approximate surface area is 232 Å². The van der Waals surface area contributed by atoms with E-state index in [1.165, 1.54) is 24.3 Å². The van der Waals surface area contributed by atoms with Crippen molar-refractivity contribution >= 4 is 28.8 Å². The van der Waals surface area contributed by atoms with Crippen LogP contribution in [0.25, 0.3) is 22.3 Å². The lowest BCUT2D eigenvalue weighted by atomic mass is 10.1. The number of aryl methyl sites for hydroxylation is 3. The van der Waals surface area contributed by atoms with Crippen molar-refractivity contribution < 1.29 is 38.9 Å². The van der Waals surface area contributed by atoms with Gasteiger partial charge in [-0.2, -0.15) is 0 Å². The SMILES string of the molecule is Cc1nc(C)c(C(=O)N[C@H](CCC(N)=O)C(=O)Oc2ccc(-c3cc(=O)c4c(O)c(O)c(O)cc4o3)cc2)nc1C. The Morgan fingerprint density at radius 3 is 2.29 bits per heavy atom. The van der Waals surface area contributed by atoms with Crippen LogP contribution in [0.5, 0.6) is 23.0 Å². The molecule has 212 valence electrons. The van der Waals surface area contributed by atoms with Gasteiger partial charge >= 0.3 is 5.97 Å². The largest absolute Gasteiger partial charge is 0.504 e. The second-order valence-electron chi connectivity index (χ2n) is 9.25. The highest BCUT2D eigenvalue weighted by Crippen LogP contribution is 2.40. The molecular weight excluding hydrogens is 536 g/mol. The van der Waals surface area contributed by atoms with Crippen molar-refractivity contribution in [3.63, 3.8) is 0 Å². The standard InChI is InChI=1S/C28H26N4O9/c1-12-13(2)31-24(14(3)30-12)27(38)32-17(8-9-22(29)35)28(39)40-16-6-4-15(5-7-16)20-10-18(33)23-21(41-20)11-19(34)25(36)26(23)37/h4-7,10-11,17,34,36-37H,8-9H2,1-3H3,(H2,29,35)(H,32,38)/t17-/m1/s1. The number of primary amides is 1. The number of phenolic OH excluding ortho intramolecular Hbond substituents is 3. The van der Waals surface area contributed by atoms with Gasteiger partial charge in [-0.3, -0.25) is 19.4 Å². The van der Waals surface area contributed by atoms with Crippen LogP contribution in [0.4, 0.5) is 0 Å². The molecular formula is C28H26N4O9. The molecule has 41 heavy (non-hydrogen) atoms. The molecule has 0 fully saturated rings. The number of carbonyl (C=O) groups is 3. The molecule has 0 unspecified atom stereocenters. The molecule has 6 N–H and O–H groups in total. The van der Waals surface area contributed by atoms with E-state index in [0.717, 1.165) is 12.1 Å². The van der Waals surface area contributed by atoms with Gasteiger partial charge in [0.1, 0.15) is 34.2 Å². The first-order chi connectivity index (χ1) is 19.3. The summed E-state index contributed by atoms with van der Waals surface area (Å²) in [7, 11) is 0. The summed E-state index contributed by atoms with van der Waals surface area (Å²) in [5, 5.41) is 31.7. The molecule has 2 amide bonds. The fourth-order valence-electron chi connectivity index (χ4n) is 3.99. The highest BCUT2D eigenvalue weighted by Gasteiger charge is 2.26. The third-order valence-electron chi connectivity index (χ3n) is 6.27. The Morgan fingerprint density at radius 1 is 0.976 bits per heavy atom. The van der Waals surface area contributed by atoms with Gasteiger partial charge < -0.3 is 35.5 Å². The van der Waals surface area contributed by atoms with E-state index in [2.05, 4.69) is 15.3 Å². The molecule has 4 aromatic rings. The fourth-order valence-corrected chi connectivity index (χ4v) is 3.99. The van der Waals surface area contributed by atoms with Crippen LogP contribution in [0, 0.1) is 20.8 Å². The van der Waals surface area contributed by atoms with Crippen molar-refractivity contribution in [2.24, 2.45) is 5.73 Å². The Balaban J connectivity index is 1.54. The first kappa shape index (κ1) is 28.5. The smallest absolute Gasteiger partial charge is 0.334 e. The number of aromatic hydroxyl groups is 3. The van der Waals surface area contributed by atoms with Gasteiger partial charge in [0, 0.05) is 24.1 Å². The van der Waals surface area contributed by atoms with Crippen molar-refractivity contribution in [3.05, 3.63) is 69.4 Å². The zero-order valence-electron chi connectivity index (χ0n) is 22.2. The molecule has 1 atom stereocenters. The number of carbonyl (C=O) groups excluding carboxylic acids is 3. The van der Waals surface area contributed by atoms with Crippen LogP contribution in [0.1, 0.15) is 40.4 Å². The van der Waals surface area contributed by atoms with Crippen LogP contribution in [-0.2, 0) is 9.59 Å². The maximum absolute atomic E-state index is 13.0. The average molecular weight is 563 g/mol. The molecule has 2 heterocycles. The summed E-state index contributed by atoms with van der Waals surface area (Å²) in [6, 6.07) is 6.65. The summed E-state index contributed by atoms with van der Waals surface area (Å²) < 4.78 is 11.0. The second kappa shape index (κ2) is 11.3. The number of amides is 2. The number of phenols is 3. The normalized spacial score (nSPS) is 11.7. The third-order valence-corrected chi connectivity index (χ3v) is 6.27. The molecule has 2 aromatic carbocycles. The quantitative estimate of drug-likeness (QED) is 0.119. The van der Waals surface area contributed by atoms with E-state index >= 15 is 0 Å². The Bertz CT molecular complexity index is 1750. The number of esters is 1. The number of nitrogens with two attached hydrogens (primary N) is 1. The minimum absolute atomic E-state index is 0.0306. The number of nitrogens with zero attached hydrogens (tertiary/aromatic N) is 2. The van der Waals surface area contributed by atoms with Crippen LogP contribution in [0.2, 0.25) is 0 Å². The Morgan fingerprint density at radius 2 is 1.63 bits per heavy atom. The van der Waals surface area contributed by atoms with Crippen LogP contribution >= 0.6 is 0 Å². The van der Waals surface area contributed by atoms with Crippen LogP contribution in [0.3, 0.4) is 0 Å². The van der Waals surface area contributed by atoms with Crippen molar-refractivity contribution in [2.45, 2.75) is 39.7 Å². The van der Waals surface area contributed by atoms with Gasteiger partial charge in [0.2, 0.25) is 11.7 Å². The molecule has 0 aliphatic carbocycles. The molecule has 0 radical (unpaired) electrons. The predicted molar refractivity (Wildman–Crippen MR) is 144 cm³/mol. The second-order valence-corrected chi connectivity index (χ2v) is 9.25. The number of fused-ring (bicyclic) bond motifs is 1. The first-order valence-electron chi connectivity index (χ1n) is 12.3. The average Bonchev–Trinajstić information content (AvgIpc) is 2.91. The van der Waals surface area contributed by atoms with E-state index in [-0.39, 0.29) is 41.0 Å². The minimum atomic E-state index is -1.23. The lowest BCUT2D eigenvalue weighted by Gasteiger charge is -2.18. The van der Waals surface area contributed by atoms with Crippen LogP contribution < -0.4 is 21.2 Å². The summed E-state index contributed by atoms with van der Waals surface area (Å²) >= 11 is 0. The van der Waals surface area contributed by atoms with Crippen molar-refractivity contribution in [2.75, 3.05) is 0 Å². The van der Waals surface area contributed by atoms with Gasteiger partial charge in [0.25, 0.3) is 5.91 Å². The third kappa shape index (κ3) is 6.08. The molecule has 0 aliphatic rings. The van der Waals surface area contributed by atoms with Gasteiger partial charge in [-0.1, -0.05) is 0 Å². The van der Waals surface area contributed by atoms with E-state index in [0.29, 0.717) is 22.6 Å². The van der Waals surface area contributed by atoms with Crippen molar-refractivity contribution in [3.8, 4) is 34.3 Å². The predicted octanol–water partition coefficient (Wildman–Crippen LogP) is 2.26. The lowest BCUT2D eigenvalue weighted by molar-refractivity contribution is -0.136. The van der Waals surface area contributed by atoms with Crippen LogP contribution in [-0.4, -0.2) is 49.1 Å². The highest BCUT2D eigenvalue weighted by atomic mass is 16.5. The van der Waals surface area contributed by atoms with Gasteiger partial charge in [0.05, 0.1) is 17.1 Å². The molecule has 0 saturated carbocycles. The van der Waals surface area contributed by atoms with Gasteiger partial charge in [-0.15, -0.1) is 0 Å². The van der Waals surface area contributed by atoms with E-state index in [1.54, 1.807) is 20.8 Å². The Hall–Kier alpha value is -5.46. The molecule has 4 rings (SSSR count). The highest BCUT2D eigenvalue weighted by molar-refractivity contribution is 5.96. The number of aromatic nitrogens is 2. The molecule has 13 nitrogen and oxygen atoms in total.